The number of hydrogen-bond donors (Lipinski definition) is 2. The lowest BCUT2D eigenvalue weighted by molar-refractivity contribution is 0.100. The van der Waals surface area contributed by atoms with E-state index in [1.165, 1.54) is 0 Å². The van der Waals surface area contributed by atoms with Crippen molar-refractivity contribution in [3.8, 4) is 5.75 Å². The van der Waals surface area contributed by atoms with Gasteiger partial charge in [0.05, 0.1) is 12.8 Å². The van der Waals surface area contributed by atoms with Crippen LogP contribution in [0.4, 0.5) is 5.82 Å². The number of aromatic nitrogens is 2. The summed E-state index contributed by atoms with van der Waals surface area (Å²) in [5.74, 6) is 0.827. The van der Waals surface area contributed by atoms with Gasteiger partial charge in [-0.15, -0.1) is 0 Å². The minimum atomic E-state index is -0.514. The number of methoxy groups -OCH3 is 1. The van der Waals surface area contributed by atoms with Gasteiger partial charge in [-0.1, -0.05) is 18.7 Å². The molecular formula is C16H16N4O2. The van der Waals surface area contributed by atoms with E-state index in [2.05, 4.69) is 17.0 Å². The van der Waals surface area contributed by atoms with Gasteiger partial charge in [-0.3, -0.25) is 4.79 Å². The molecule has 2 heterocycles. The normalized spacial score (nSPS) is 12.7. The van der Waals surface area contributed by atoms with Crippen LogP contribution in [0.5, 0.6) is 5.75 Å². The van der Waals surface area contributed by atoms with Crippen molar-refractivity contribution in [3.05, 3.63) is 59.4 Å². The van der Waals surface area contributed by atoms with Gasteiger partial charge in [0.15, 0.2) is 0 Å². The Bertz CT molecular complexity index is 772. The van der Waals surface area contributed by atoms with Gasteiger partial charge in [0.2, 0.25) is 0 Å². The number of hydrogen-bond acceptors (Lipinski definition) is 4. The van der Waals surface area contributed by atoms with Crippen molar-refractivity contribution >= 4 is 17.9 Å². The summed E-state index contributed by atoms with van der Waals surface area (Å²) >= 11 is 0. The number of nitrogens with zero attached hydrogens (tertiary/aromatic N) is 2. The third-order valence-corrected chi connectivity index (χ3v) is 3.46. The summed E-state index contributed by atoms with van der Waals surface area (Å²) in [5, 5.41) is 7.47. The lowest BCUT2D eigenvalue weighted by Crippen LogP contribution is -2.16. The van der Waals surface area contributed by atoms with E-state index in [9.17, 15) is 4.79 Å². The van der Waals surface area contributed by atoms with Crippen molar-refractivity contribution in [2.45, 2.75) is 6.42 Å². The van der Waals surface area contributed by atoms with E-state index < -0.39 is 5.91 Å². The van der Waals surface area contributed by atoms with E-state index in [0.29, 0.717) is 29.2 Å². The molecule has 3 N–H and O–H groups in total. The topological polar surface area (TPSA) is 82.2 Å². The lowest BCUT2D eigenvalue weighted by atomic mass is 10.1. The zero-order valence-electron chi connectivity index (χ0n) is 12.2. The second-order valence-electron chi connectivity index (χ2n) is 4.97. The Morgan fingerprint density at radius 1 is 1.41 bits per heavy atom. The maximum Gasteiger partial charge on any atom is 0.254 e. The van der Waals surface area contributed by atoms with Crippen LogP contribution < -0.4 is 15.8 Å². The van der Waals surface area contributed by atoms with Crippen LogP contribution in [0.2, 0.25) is 0 Å². The SMILES string of the molecule is C=C1C=Cn2nc(Cc3ccc(OC)cc3)c(C(N)=O)c2N1. The summed E-state index contributed by atoms with van der Waals surface area (Å²) in [5.41, 5.74) is 8.24. The smallest absolute Gasteiger partial charge is 0.254 e. The molecule has 0 aliphatic carbocycles. The number of amides is 1. The van der Waals surface area contributed by atoms with Crippen molar-refractivity contribution in [1.29, 1.82) is 0 Å². The number of anilines is 1. The van der Waals surface area contributed by atoms with Crippen molar-refractivity contribution in [3.63, 3.8) is 0 Å². The number of carbonyl (C=O) groups is 1. The Balaban J connectivity index is 1.98. The summed E-state index contributed by atoms with van der Waals surface area (Å²) in [6, 6.07) is 7.61. The minimum Gasteiger partial charge on any atom is -0.497 e. The molecule has 1 aromatic heterocycles. The van der Waals surface area contributed by atoms with E-state index >= 15 is 0 Å². The Kier molecular flexibility index (Phi) is 3.42. The number of nitrogens with one attached hydrogen (secondary N) is 1. The molecule has 22 heavy (non-hydrogen) atoms. The lowest BCUT2D eigenvalue weighted by Gasteiger charge is -2.12. The molecule has 1 amide bonds. The highest BCUT2D eigenvalue weighted by Crippen LogP contribution is 2.26. The predicted molar refractivity (Wildman–Crippen MR) is 84.6 cm³/mol. The van der Waals surface area contributed by atoms with Gasteiger partial charge in [-0.25, -0.2) is 4.68 Å². The maximum atomic E-state index is 11.8. The molecular weight excluding hydrogens is 280 g/mol. The third kappa shape index (κ3) is 2.46. The number of nitrogens with two attached hydrogens (primary N) is 1. The predicted octanol–water partition coefficient (Wildman–Crippen LogP) is 1.99. The number of primary amides is 1. The molecule has 1 aromatic carbocycles. The Morgan fingerprint density at radius 3 is 2.77 bits per heavy atom. The van der Waals surface area contributed by atoms with E-state index in [-0.39, 0.29) is 0 Å². The van der Waals surface area contributed by atoms with Gasteiger partial charge in [0.25, 0.3) is 5.91 Å². The van der Waals surface area contributed by atoms with Crippen LogP contribution in [-0.4, -0.2) is 22.8 Å². The molecule has 0 atom stereocenters. The molecule has 3 rings (SSSR count). The summed E-state index contributed by atoms with van der Waals surface area (Å²) < 4.78 is 6.74. The molecule has 0 unspecified atom stereocenters. The fourth-order valence-electron chi connectivity index (χ4n) is 2.38. The Hall–Kier alpha value is -3.02. The number of rotatable bonds is 4. The molecule has 6 nitrogen and oxygen atoms in total. The fraction of sp³-hybridized carbons (Fsp3) is 0.125. The highest BCUT2D eigenvalue weighted by atomic mass is 16.5. The number of allylic oxidation sites excluding steroid dienone is 1. The molecule has 6 heteroatoms. The average Bonchev–Trinajstić information content (AvgIpc) is 2.85. The van der Waals surface area contributed by atoms with E-state index in [0.717, 1.165) is 11.3 Å². The molecule has 0 fully saturated rings. The summed E-state index contributed by atoms with van der Waals surface area (Å²) in [6.45, 7) is 3.82. The highest BCUT2D eigenvalue weighted by molar-refractivity contribution is 6.00. The second-order valence-corrected chi connectivity index (χ2v) is 4.97. The average molecular weight is 296 g/mol. The van der Waals surface area contributed by atoms with Gasteiger partial charge in [0, 0.05) is 18.3 Å². The van der Waals surface area contributed by atoms with Crippen LogP contribution in [0.15, 0.2) is 42.6 Å². The highest BCUT2D eigenvalue weighted by Gasteiger charge is 2.23. The summed E-state index contributed by atoms with van der Waals surface area (Å²) in [6.07, 6.45) is 4.03. The van der Waals surface area contributed by atoms with Crippen LogP contribution in [0, 0.1) is 0 Å². The van der Waals surface area contributed by atoms with Crippen molar-refractivity contribution in [1.82, 2.24) is 9.78 Å². The number of ether oxygens (including phenoxy) is 1. The van der Waals surface area contributed by atoms with Crippen molar-refractivity contribution in [2.75, 3.05) is 12.4 Å². The molecule has 0 spiro atoms. The first-order valence-corrected chi connectivity index (χ1v) is 6.76. The summed E-state index contributed by atoms with van der Waals surface area (Å²) in [4.78, 5) is 11.8. The summed E-state index contributed by atoms with van der Waals surface area (Å²) in [7, 11) is 1.62. The van der Waals surface area contributed by atoms with Crippen LogP contribution in [0.25, 0.3) is 6.20 Å². The van der Waals surface area contributed by atoms with Crippen LogP contribution in [0.3, 0.4) is 0 Å². The minimum absolute atomic E-state index is 0.390. The van der Waals surface area contributed by atoms with Crippen LogP contribution in [-0.2, 0) is 6.42 Å². The van der Waals surface area contributed by atoms with Gasteiger partial charge >= 0.3 is 0 Å². The Labute approximate surface area is 127 Å². The zero-order valence-corrected chi connectivity index (χ0v) is 12.2. The molecule has 1 aliphatic rings. The van der Waals surface area contributed by atoms with E-state index in [1.807, 2.05) is 24.3 Å². The zero-order chi connectivity index (χ0) is 15.7. The first kappa shape index (κ1) is 13.9. The molecule has 0 saturated carbocycles. The first-order valence-electron chi connectivity index (χ1n) is 6.76. The van der Waals surface area contributed by atoms with Crippen LogP contribution >= 0.6 is 0 Å². The number of carbonyl (C=O) groups excluding carboxylic acids is 1. The Morgan fingerprint density at radius 2 is 2.14 bits per heavy atom. The quantitative estimate of drug-likeness (QED) is 0.904. The third-order valence-electron chi connectivity index (χ3n) is 3.46. The molecule has 0 radical (unpaired) electrons. The standard InChI is InChI=1S/C16H16N4O2/c1-10-7-8-20-16(18-10)14(15(17)21)13(19-20)9-11-3-5-12(22-2)6-4-11/h3-8,18H,1,9H2,2H3,(H2,17,21). The largest absolute Gasteiger partial charge is 0.497 e. The molecule has 0 bridgehead atoms. The monoisotopic (exact) mass is 296 g/mol. The van der Waals surface area contributed by atoms with E-state index in [1.54, 1.807) is 24.1 Å². The van der Waals surface area contributed by atoms with Crippen LogP contribution in [0.1, 0.15) is 21.6 Å². The first-order chi connectivity index (χ1) is 10.6. The maximum absolute atomic E-state index is 11.8. The second kappa shape index (κ2) is 5.40. The van der Waals surface area contributed by atoms with Gasteiger partial charge in [-0.2, -0.15) is 5.10 Å². The fourth-order valence-corrected chi connectivity index (χ4v) is 2.38. The van der Waals surface area contributed by atoms with Crippen molar-refractivity contribution < 1.29 is 9.53 Å². The number of benzene rings is 1. The van der Waals surface area contributed by atoms with Gasteiger partial charge in [-0.05, 0) is 23.8 Å². The molecule has 1 aliphatic heterocycles. The molecule has 2 aromatic rings. The van der Waals surface area contributed by atoms with Crippen molar-refractivity contribution in [2.24, 2.45) is 5.73 Å². The van der Waals surface area contributed by atoms with E-state index in [4.69, 9.17) is 10.5 Å². The van der Waals surface area contributed by atoms with Gasteiger partial charge in [0.1, 0.15) is 17.1 Å². The molecule has 112 valence electrons. The molecule has 0 saturated heterocycles. The van der Waals surface area contributed by atoms with Gasteiger partial charge < -0.3 is 15.8 Å². The number of fused-ring (bicyclic) bond motifs is 1.